The topological polar surface area (TPSA) is 0 Å². The molecular weight excluding hydrogens is 378 g/mol. The van der Waals surface area contributed by atoms with Gasteiger partial charge in [-0.3, -0.25) is 6.08 Å². The fourth-order valence-corrected chi connectivity index (χ4v) is 1.96. The minimum absolute atomic E-state index is 0. The van der Waals surface area contributed by atoms with Crippen molar-refractivity contribution in [2.45, 2.75) is 19.3 Å². The maximum atomic E-state index is 3.66. The first kappa shape index (κ1) is 22.8. The van der Waals surface area contributed by atoms with Crippen molar-refractivity contribution in [1.82, 2.24) is 0 Å². The second-order valence-corrected chi connectivity index (χ2v) is 4.34. The van der Waals surface area contributed by atoms with Gasteiger partial charge < -0.3 is 24.8 Å². The zero-order chi connectivity index (χ0) is 12.6. The number of allylic oxidation sites excluding steroid dienone is 5. The van der Waals surface area contributed by atoms with Crippen molar-refractivity contribution in [2.75, 3.05) is 0 Å². The molecule has 1 aliphatic rings. The molecule has 0 fully saturated rings. The number of rotatable bonds is 3. The van der Waals surface area contributed by atoms with Crippen molar-refractivity contribution >= 4 is 10.8 Å². The molecule has 0 spiro atoms. The zero-order valence-corrected chi connectivity index (χ0v) is 15.8. The normalized spacial score (nSPS) is 11.1. The maximum Gasteiger partial charge on any atom is 4.00 e. The minimum atomic E-state index is 0. The molecule has 0 amide bonds. The van der Waals surface area contributed by atoms with Crippen LogP contribution in [0.25, 0.3) is 10.8 Å². The van der Waals surface area contributed by atoms with Crippen LogP contribution < -0.4 is 24.8 Å². The summed E-state index contributed by atoms with van der Waals surface area (Å²) >= 11 is 0. The average molecular weight is 396 g/mol. The largest absolute Gasteiger partial charge is 4.00 e. The van der Waals surface area contributed by atoms with Crippen LogP contribution in [-0.4, -0.2) is 0 Å². The fraction of sp³-hybridized carbons (Fsp3) is 0.167. The summed E-state index contributed by atoms with van der Waals surface area (Å²) in [5.41, 5.74) is 1.41. The molecule has 0 saturated carbocycles. The molecule has 0 nitrogen and oxygen atoms in total. The van der Waals surface area contributed by atoms with Gasteiger partial charge in [-0.25, -0.2) is 12.2 Å². The van der Waals surface area contributed by atoms with Crippen LogP contribution in [0.5, 0.6) is 0 Å². The molecule has 0 aliphatic heterocycles. The van der Waals surface area contributed by atoms with Crippen molar-refractivity contribution in [3.05, 3.63) is 78.9 Å². The van der Waals surface area contributed by atoms with E-state index in [9.17, 15) is 0 Å². The molecule has 21 heavy (non-hydrogen) atoms. The van der Waals surface area contributed by atoms with Gasteiger partial charge in [-0.05, 0) is 12.8 Å². The van der Waals surface area contributed by atoms with Crippen LogP contribution in [0.1, 0.15) is 19.3 Å². The number of hydrogen-bond acceptors (Lipinski definition) is 0. The Bertz CT molecular complexity index is 537. The Labute approximate surface area is 159 Å². The molecule has 108 valence electrons. The standard InChI is InChI=1S/C9H7.C9H11.2ClH.Zr/c1-2-5-9-7-3-6-8(9)4-1;1-2-3-6-9-7-4-5-8-9;;;/h1-7H;2,4-5H,1,3,6-7H2;2*1H;/q2*-1;;;+4/p-2. The van der Waals surface area contributed by atoms with Crippen LogP contribution in [0, 0.1) is 6.08 Å². The van der Waals surface area contributed by atoms with E-state index >= 15 is 0 Å². The summed E-state index contributed by atoms with van der Waals surface area (Å²) in [6.07, 6.45) is 12.6. The van der Waals surface area contributed by atoms with E-state index < -0.39 is 0 Å². The van der Waals surface area contributed by atoms with Gasteiger partial charge in [0.1, 0.15) is 0 Å². The van der Waals surface area contributed by atoms with E-state index in [1.54, 1.807) is 0 Å². The van der Waals surface area contributed by atoms with Gasteiger partial charge in [-0.2, -0.15) is 23.1 Å². The minimum Gasteiger partial charge on any atom is -1.00 e. The Kier molecular flexibility index (Phi) is 14.3. The van der Waals surface area contributed by atoms with Crippen LogP contribution in [0.15, 0.2) is 72.8 Å². The van der Waals surface area contributed by atoms with Crippen LogP contribution in [0.3, 0.4) is 0 Å². The molecule has 2 aromatic rings. The number of fused-ring (bicyclic) bond motifs is 1. The first-order valence-corrected chi connectivity index (χ1v) is 6.38. The van der Waals surface area contributed by atoms with Gasteiger partial charge in [0, 0.05) is 0 Å². The molecule has 0 aromatic heterocycles. The van der Waals surface area contributed by atoms with Crippen LogP contribution in [-0.2, 0) is 26.2 Å². The third-order valence-corrected chi connectivity index (χ3v) is 2.97. The van der Waals surface area contributed by atoms with E-state index in [2.05, 4.69) is 61.2 Å². The Morgan fingerprint density at radius 2 is 1.95 bits per heavy atom. The summed E-state index contributed by atoms with van der Waals surface area (Å²) in [5, 5.41) is 2.66. The van der Waals surface area contributed by atoms with Gasteiger partial charge in [0.2, 0.25) is 0 Å². The van der Waals surface area contributed by atoms with E-state index in [4.69, 9.17) is 0 Å². The molecule has 0 radical (unpaired) electrons. The first-order chi connectivity index (χ1) is 8.90. The Hall–Kier alpha value is -0.487. The molecule has 2 aromatic carbocycles. The third kappa shape index (κ3) is 7.91. The Balaban J connectivity index is 0. The molecule has 0 saturated heterocycles. The number of benzene rings is 1. The van der Waals surface area contributed by atoms with Gasteiger partial charge in [0.25, 0.3) is 0 Å². The predicted molar refractivity (Wildman–Crippen MR) is 79.5 cm³/mol. The summed E-state index contributed by atoms with van der Waals surface area (Å²) in [5.74, 6) is 0. The molecule has 0 atom stereocenters. The molecule has 1 aliphatic carbocycles. The fourth-order valence-electron chi connectivity index (χ4n) is 1.96. The van der Waals surface area contributed by atoms with Crippen molar-refractivity contribution < 1.29 is 51.0 Å². The van der Waals surface area contributed by atoms with E-state index in [1.165, 1.54) is 16.3 Å². The van der Waals surface area contributed by atoms with Gasteiger partial charge in [0.15, 0.2) is 0 Å². The van der Waals surface area contributed by atoms with Crippen molar-refractivity contribution in [1.29, 1.82) is 0 Å². The van der Waals surface area contributed by atoms with Gasteiger partial charge in [0.05, 0.1) is 0 Å². The van der Waals surface area contributed by atoms with Crippen molar-refractivity contribution in [3.63, 3.8) is 0 Å². The first-order valence-electron chi connectivity index (χ1n) is 6.38. The summed E-state index contributed by atoms with van der Waals surface area (Å²) in [7, 11) is 0. The average Bonchev–Trinajstić information content (AvgIpc) is 3.08. The van der Waals surface area contributed by atoms with Crippen molar-refractivity contribution in [3.8, 4) is 0 Å². The maximum absolute atomic E-state index is 3.66. The molecular formula is C18H18Cl2Zr. The molecule has 0 bridgehead atoms. The zero-order valence-electron chi connectivity index (χ0n) is 11.9. The second kappa shape index (κ2) is 13.2. The van der Waals surface area contributed by atoms with Crippen LogP contribution >= 0.6 is 0 Å². The monoisotopic (exact) mass is 394 g/mol. The van der Waals surface area contributed by atoms with E-state index in [-0.39, 0.29) is 51.0 Å². The summed E-state index contributed by atoms with van der Waals surface area (Å²) in [6, 6.07) is 14.7. The van der Waals surface area contributed by atoms with Crippen LogP contribution in [0.4, 0.5) is 0 Å². The SMILES string of the molecule is C=CCCC1=[C-]C=CC1.[Cl-].[Cl-].[Zr+4].c1ccc2[cH-]ccc2c1. The summed E-state index contributed by atoms with van der Waals surface area (Å²) < 4.78 is 0. The third-order valence-electron chi connectivity index (χ3n) is 2.97. The summed E-state index contributed by atoms with van der Waals surface area (Å²) in [6.45, 7) is 3.66. The quantitative estimate of drug-likeness (QED) is 0.471. The smallest absolute Gasteiger partial charge is 1.00 e. The predicted octanol–water partition coefficient (Wildman–Crippen LogP) is -0.794. The molecule has 3 rings (SSSR count). The van der Waals surface area contributed by atoms with Crippen molar-refractivity contribution in [2.24, 2.45) is 0 Å². The van der Waals surface area contributed by atoms with Gasteiger partial charge >= 0.3 is 26.2 Å². The van der Waals surface area contributed by atoms with E-state index in [1.807, 2.05) is 12.2 Å². The van der Waals surface area contributed by atoms with Crippen LogP contribution in [0.2, 0.25) is 0 Å². The summed E-state index contributed by atoms with van der Waals surface area (Å²) in [4.78, 5) is 0. The van der Waals surface area contributed by atoms with Gasteiger partial charge in [-0.15, -0.1) is 36.2 Å². The van der Waals surface area contributed by atoms with E-state index in [0.717, 1.165) is 19.3 Å². The number of halogens is 2. The molecule has 0 heterocycles. The molecule has 3 heteroatoms. The van der Waals surface area contributed by atoms with E-state index in [0.29, 0.717) is 0 Å². The Morgan fingerprint density at radius 3 is 2.57 bits per heavy atom. The Morgan fingerprint density at radius 1 is 1.19 bits per heavy atom. The van der Waals surface area contributed by atoms with Gasteiger partial charge in [-0.1, -0.05) is 18.6 Å². The number of hydrogen-bond donors (Lipinski definition) is 0. The molecule has 0 unspecified atom stereocenters. The second-order valence-electron chi connectivity index (χ2n) is 4.34. The molecule has 0 N–H and O–H groups in total.